The van der Waals surface area contributed by atoms with Crippen molar-refractivity contribution in [1.29, 1.82) is 5.26 Å². The summed E-state index contributed by atoms with van der Waals surface area (Å²) in [6, 6.07) is 11.6. The Balaban J connectivity index is 2.26. The molecule has 21 heavy (non-hydrogen) atoms. The lowest BCUT2D eigenvalue weighted by Crippen LogP contribution is -2.18. The van der Waals surface area contributed by atoms with Crippen LogP contribution in [0, 0.1) is 23.0 Å². The van der Waals surface area contributed by atoms with Gasteiger partial charge in [0.15, 0.2) is 11.6 Å². The van der Waals surface area contributed by atoms with Crippen LogP contribution in [0.3, 0.4) is 0 Å². The molecule has 2 aromatic rings. The second-order valence-electron chi connectivity index (χ2n) is 4.58. The maximum absolute atomic E-state index is 14.0. The summed E-state index contributed by atoms with van der Waals surface area (Å²) in [6.45, 7) is 0.388. The Labute approximate surface area is 122 Å². The number of halogens is 2. The van der Waals surface area contributed by atoms with Crippen molar-refractivity contribution in [3.63, 3.8) is 0 Å². The molecule has 2 rings (SSSR count). The van der Waals surface area contributed by atoms with Crippen molar-refractivity contribution >= 4 is 5.69 Å². The van der Waals surface area contributed by atoms with E-state index in [1.807, 2.05) is 24.3 Å². The summed E-state index contributed by atoms with van der Waals surface area (Å²) in [5, 5.41) is 8.68. The van der Waals surface area contributed by atoms with Crippen LogP contribution in [-0.4, -0.2) is 14.2 Å². The lowest BCUT2D eigenvalue weighted by molar-refractivity contribution is 0.414. The molecule has 0 aliphatic carbocycles. The zero-order chi connectivity index (χ0) is 15.4. The Morgan fingerprint density at radius 1 is 1.19 bits per heavy atom. The van der Waals surface area contributed by atoms with Crippen LogP contribution in [0.1, 0.15) is 11.1 Å². The summed E-state index contributed by atoms with van der Waals surface area (Å²) in [6.07, 6.45) is 0. The molecule has 0 saturated heterocycles. The van der Waals surface area contributed by atoms with Gasteiger partial charge in [-0.2, -0.15) is 5.26 Å². The highest BCUT2D eigenvalue weighted by atomic mass is 19.2. The lowest BCUT2D eigenvalue weighted by atomic mass is 10.1. The van der Waals surface area contributed by atoms with Crippen LogP contribution in [-0.2, 0) is 6.54 Å². The summed E-state index contributed by atoms with van der Waals surface area (Å²) in [5.74, 6) is -1.43. The van der Waals surface area contributed by atoms with Gasteiger partial charge in [0.1, 0.15) is 11.8 Å². The molecule has 0 heterocycles. The lowest BCUT2D eigenvalue weighted by Gasteiger charge is -2.20. The monoisotopic (exact) mass is 288 g/mol. The maximum Gasteiger partial charge on any atom is 0.183 e. The molecule has 0 atom stereocenters. The van der Waals surface area contributed by atoms with Gasteiger partial charge in [-0.1, -0.05) is 12.1 Å². The third-order valence-corrected chi connectivity index (χ3v) is 3.15. The van der Waals surface area contributed by atoms with Crippen LogP contribution in [0.25, 0.3) is 0 Å². The largest absolute Gasteiger partial charge is 0.497 e. The summed E-state index contributed by atoms with van der Waals surface area (Å²) >= 11 is 0. The molecule has 0 N–H and O–H groups in total. The molecule has 5 heteroatoms. The predicted molar refractivity (Wildman–Crippen MR) is 76.2 cm³/mol. The van der Waals surface area contributed by atoms with Gasteiger partial charge in [0, 0.05) is 13.6 Å². The molecule has 108 valence electrons. The topological polar surface area (TPSA) is 36.3 Å². The van der Waals surface area contributed by atoms with Crippen LogP contribution >= 0.6 is 0 Å². The van der Waals surface area contributed by atoms with Gasteiger partial charge < -0.3 is 9.64 Å². The Bertz CT molecular complexity index is 695. The summed E-state index contributed by atoms with van der Waals surface area (Å²) in [5.41, 5.74) is 0.710. The Kier molecular flexibility index (Phi) is 4.39. The number of ether oxygens (including phenoxy) is 1. The first kappa shape index (κ1) is 14.8. The third kappa shape index (κ3) is 3.11. The standard InChI is InChI=1S/C16H14F2N2O/c1-20(10-11-4-3-5-13(8-11)21-2)14-7-6-12(9-19)15(17)16(14)18/h3-8H,10H2,1-2H3. The Hall–Kier alpha value is -2.61. The quantitative estimate of drug-likeness (QED) is 0.864. The summed E-state index contributed by atoms with van der Waals surface area (Å²) < 4.78 is 32.7. The number of anilines is 1. The molecule has 0 aliphatic heterocycles. The second kappa shape index (κ2) is 6.23. The number of methoxy groups -OCH3 is 1. The van der Waals surface area contributed by atoms with Gasteiger partial charge in [0.05, 0.1) is 18.4 Å². The van der Waals surface area contributed by atoms with Crippen LogP contribution < -0.4 is 9.64 Å². The number of nitriles is 1. The highest BCUT2D eigenvalue weighted by Gasteiger charge is 2.16. The van der Waals surface area contributed by atoms with Crippen molar-refractivity contribution < 1.29 is 13.5 Å². The van der Waals surface area contributed by atoms with E-state index in [4.69, 9.17) is 10.00 Å². The average molecular weight is 288 g/mol. The second-order valence-corrected chi connectivity index (χ2v) is 4.58. The number of benzene rings is 2. The minimum absolute atomic E-state index is 0.106. The van der Waals surface area contributed by atoms with Crippen molar-refractivity contribution in [2.75, 3.05) is 19.1 Å². The van der Waals surface area contributed by atoms with Crippen molar-refractivity contribution in [1.82, 2.24) is 0 Å². The number of hydrogen-bond acceptors (Lipinski definition) is 3. The van der Waals surface area contributed by atoms with E-state index in [0.29, 0.717) is 12.3 Å². The van der Waals surface area contributed by atoms with E-state index in [1.165, 1.54) is 12.1 Å². The fraction of sp³-hybridized carbons (Fsp3) is 0.188. The molecule has 0 radical (unpaired) electrons. The molecule has 0 fully saturated rings. The van der Waals surface area contributed by atoms with Crippen molar-refractivity contribution in [3.8, 4) is 11.8 Å². The van der Waals surface area contributed by atoms with Crippen LogP contribution in [0.15, 0.2) is 36.4 Å². The first-order valence-corrected chi connectivity index (χ1v) is 6.29. The fourth-order valence-electron chi connectivity index (χ4n) is 2.05. The number of hydrogen-bond donors (Lipinski definition) is 0. The normalized spacial score (nSPS) is 10.0. The minimum Gasteiger partial charge on any atom is -0.497 e. The van der Waals surface area contributed by atoms with E-state index in [2.05, 4.69) is 0 Å². The molecule has 0 amide bonds. The SMILES string of the molecule is COc1cccc(CN(C)c2ccc(C#N)c(F)c2F)c1. The van der Waals surface area contributed by atoms with Crippen LogP contribution in [0.5, 0.6) is 5.75 Å². The van der Waals surface area contributed by atoms with Crippen LogP contribution in [0.2, 0.25) is 0 Å². The van der Waals surface area contributed by atoms with Crippen LogP contribution in [0.4, 0.5) is 14.5 Å². The van der Waals surface area contributed by atoms with E-state index in [-0.39, 0.29) is 11.3 Å². The molecule has 0 spiro atoms. The summed E-state index contributed by atoms with van der Waals surface area (Å²) in [4.78, 5) is 1.58. The first-order chi connectivity index (χ1) is 10.1. The van der Waals surface area contributed by atoms with Gasteiger partial charge in [0.2, 0.25) is 0 Å². The predicted octanol–water partition coefficient (Wildman–Crippen LogP) is 3.48. The molecule has 0 bridgehead atoms. The summed E-state index contributed by atoms with van der Waals surface area (Å²) in [7, 11) is 3.22. The molecule has 3 nitrogen and oxygen atoms in total. The van der Waals surface area contributed by atoms with Gasteiger partial charge >= 0.3 is 0 Å². The van der Waals surface area contributed by atoms with Crippen molar-refractivity contribution in [2.45, 2.75) is 6.54 Å². The zero-order valence-electron chi connectivity index (χ0n) is 11.7. The zero-order valence-corrected chi connectivity index (χ0v) is 11.7. The van der Waals surface area contributed by atoms with Gasteiger partial charge in [-0.3, -0.25) is 0 Å². The molecular weight excluding hydrogens is 274 g/mol. The van der Waals surface area contributed by atoms with E-state index in [1.54, 1.807) is 25.1 Å². The fourth-order valence-corrected chi connectivity index (χ4v) is 2.05. The Morgan fingerprint density at radius 2 is 1.95 bits per heavy atom. The van der Waals surface area contributed by atoms with E-state index in [0.717, 1.165) is 5.56 Å². The molecule has 2 aromatic carbocycles. The smallest absolute Gasteiger partial charge is 0.183 e. The van der Waals surface area contributed by atoms with Gasteiger partial charge in [-0.15, -0.1) is 0 Å². The molecule has 0 saturated carbocycles. The van der Waals surface area contributed by atoms with E-state index in [9.17, 15) is 8.78 Å². The van der Waals surface area contributed by atoms with E-state index < -0.39 is 11.6 Å². The van der Waals surface area contributed by atoms with Gasteiger partial charge in [0.25, 0.3) is 0 Å². The Morgan fingerprint density at radius 3 is 2.62 bits per heavy atom. The number of rotatable bonds is 4. The van der Waals surface area contributed by atoms with Gasteiger partial charge in [-0.25, -0.2) is 8.78 Å². The third-order valence-electron chi connectivity index (χ3n) is 3.15. The maximum atomic E-state index is 14.0. The average Bonchev–Trinajstić information content (AvgIpc) is 2.50. The highest BCUT2D eigenvalue weighted by Crippen LogP contribution is 2.25. The molecule has 0 aromatic heterocycles. The van der Waals surface area contributed by atoms with Gasteiger partial charge in [-0.05, 0) is 29.8 Å². The van der Waals surface area contributed by atoms with Crippen molar-refractivity contribution in [3.05, 3.63) is 59.2 Å². The number of nitrogens with zero attached hydrogens (tertiary/aromatic N) is 2. The minimum atomic E-state index is -1.12. The van der Waals surface area contributed by atoms with Crippen molar-refractivity contribution in [2.24, 2.45) is 0 Å². The molecule has 0 aliphatic rings. The first-order valence-electron chi connectivity index (χ1n) is 6.29. The highest BCUT2D eigenvalue weighted by molar-refractivity contribution is 5.52. The van der Waals surface area contributed by atoms with E-state index >= 15 is 0 Å². The molecule has 0 unspecified atom stereocenters. The molecular formula is C16H14F2N2O.